The van der Waals surface area contributed by atoms with Crippen LogP contribution in [0.25, 0.3) is 0 Å². The van der Waals surface area contributed by atoms with E-state index in [0.29, 0.717) is 6.54 Å². The SMILES string of the molecule is N#CN1CCNC(c2ccccc2)c2ccccc2C1. The van der Waals surface area contributed by atoms with E-state index in [1.54, 1.807) is 4.90 Å². The van der Waals surface area contributed by atoms with Crippen molar-refractivity contribution in [3.63, 3.8) is 0 Å². The number of nitrogens with one attached hydrogen (secondary N) is 1. The summed E-state index contributed by atoms with van der Waals surface area (Å²) in [5.74, 6) is 0. The highest BCUT2D eigenvalue weighted by Crippen LogP contribution is 2.27. The highest BCUT2D eigenvalue weighted by molar-refractivity contribution is 5.38. The maximum atomic E-state index is 9.16. The van der Waals surface area contributed by atoms with Gasteiger partial charge in [0, 0.05) is 13.1 Å². The second-order valence-corrected chi connectivity index (χ2v) is 5.02. The lowest BCUT2D eigenvalue weighted by atomic mass is 9.93. The van der Waals surface area contributed by atoms with E-state index in [9.17, 15) is 0 Å². The first-order chi connectivity index (χ1) is 9.88. The molecule has 1 heterocycles. The van der Waals surface area contributed by atoms with Crippen molar-refractivity contribution < 1.29 is 0 Å². The first kappa shape index (κ1) is 12.7. The molecule has 0 saturated carbocycles. The average molecular weight is 263 g/mol. The molecular weight excluding hydrogens is 246 g/mol. The molecule has 20 heavy (non-hydrogen) atoms. The van der Waals surface area contributed by atoms with Crippen molar-refractivity contribution in [2.45, 2.75) is 12.6 Å². The Morgan fingerprint density at radius 3 is 2.60 bits per heavy atom. The predicted octanol–water partition coefficient (Wildman–Crippen LogP) is 2.66. The Balaban J connectivity index is 2.03. The zero-order chi connectivity index (χ0) is 13.8. The predicted molar refractivity (Wildman–Crippen MR) is 78.8 cm³/mol. The molecule has 0 saturated heterocycles. The molecule has 3 rings (SSSR count). The summed E-state index contributed by atoms with van der Waals surface area (Å²) in [6.07, 6.45) is 2.26. The van der Waals surface area contributed by atoms with Gasteiger partial charge in [-0.2, -0.15) is 5.26 Å². The van der Waals surface area contributed by atoms with Gasteiger partial charge in [0.1, 0.15) is 0 Å². The van der Waals surface area contributed by atoms with Crippen LogP contribution in [0.5, 0.6) is 0 Å². The summed E-state index contributed by atoms with van der Waals surface area (Å²) in [6.45, 7) is 2.24. The van der Waals surface area contributed by atoms with Crippen LogP contribution in [0.3, 0.4) is 0 Å². The van der Waals surface area contributed by atoms with Crippen LogP contribution in [0.4, 0.5) is 0 Å². The van der Waals surface area contributed by atoms with E-state index >= 15 is 0 Å². The molecule has 2 aromatic carbocycles. The van der Waals surface area contributed by atoms with Gasteiger partial charge in [0.2, 0.25) is 0 Å². The third-order valence-corrected chi connectivity index (χ3v) is 3.73. The smallest absolute Gasteiger partial charge is 0.179 e. The molecule has 0 aliphatic carbocycles. The minimum Gasteiger partial charge on any atom is -0.305 e. The van der Waals surface area contributed by atoms with Crippen molar-refractivity contribution in [1.29, 1.82) is 5.26 Å². The van der Waals surface area contributed by atoms with Crippen LogP contribution >= 0.6 is 0 Å². The van der Waals surface area contributed by atoms with E-state index in [1.807, 2.05) is 12.1 Å². The third-order valence-electron chi connectivity index (χ3n) is 3.73. The number of benzene rings is 2. The highest BCUT2D eigenvalue weighted by Gasteiger charge is 2.20. The van der Waals surface area contributed by atoms with Crippen molar-refractivity contribution >= 4 is 0 Å². The molecule has 3 nitrogen and oxygen atoms in total. The molecular formula is C17H17N3. The average Bonchev–Trinajstić information content (AvgIpc) is 2.49. The molecule has 1 N–H and O–H groups in total. The zero-order valence-corrected chi connectivity index (χ0v) is 11.3. The lowest BCUT2D eigenvalue weighted by Gasteiger charge is -2.28. The van der Waals surface area contributed by atoms with Crippen LogP contribution in [-0.2, 0) is 6.54 Å². The Labute approximate surface area is 119 Å². The molecule has 0 radical (unpaired) electrons. The first-order valence-electron chi connectivity index (χ1n) is 6.89. The molecule has 0 spiro atoms. The van der Waals surface area contributed by atoms with Gasteiger partial charge in [-0.25, -0.2) is 0 Å². The highest BCUT2D eigenvalue weighted by atomic mass is 15.1. The Morgan fingerprint density at radius 1 is 1.05 bits per heavy atom. The Morgan fingerprint density at radius 2 is 1.80 bits per heavy atom. The second-order valence-electron chi connectivity index (χ2n) is 5.02. The van der Waals surface area contributed by atoms with E-state index in [4.69, 9.17) is 5.26 Å². The van der Waals surface area contributed by atoms with Crippen LogP contribution in [0.15, 0.2) is 54.6 Å². The van der Waals surface area contributed by atoms with Gasteiger partial charge in [0.05, 0.1) is 12.6 Å². The van der Waals surface area contributed by atoms with E-state index in [0.717, 1.165) is 13.1 Å². The summed E-state index contributed by atoms with van der Waals surface area (Å²) in [6, 6.07) is 19.1. The molecule has 2 aromatic rings. The van der Waals surface area contributed by atoms with Gasteiger partial charge in [0.15, 0.2) is 6.19 Å². The van der Waals surface area contributed by atoms with Gasteiger partial charge in [-0.3, -0.25) is 0 Å². The van der Waals surface area contributed by atoms with E-state index < -0.39 is 0 Å². The van der Waals surface area contributed by atoms with Crippen LogP contribution in [0.2, 0.25) is 0 Å². The fourth-order valence-corrected chi connectivity index (χ4v) is 2.73. The summed E-state index contributed by atoms with van der Waals surface area (Å²) in [7, 11) is 0. The summed E-state index contributed by atoms with van der Waals surface area (Å²) in [4.78, 5) is 1.80. The Kier molecular flexibility index (Phi) is 3.67. The van der Waals surface area contributed by atoms with Crippen LogP contribution in [0, 0.1) is 11.5 Å². The first-order valence-corrected chi connectivity index (χ1v) is 6.89. The molecule has 1 atom stereocenters. The maximum absolute atomic E-state index is 9.16. The quantitative estimate of drug-likeness (QED) is 0.804. The molecule has 0 aromatic heterocycles. The van der Waals surface area contributed by atoms with Gasteiger partial charge >= 0.3 is 0 Å². The number of hydrogen-bond acceptors (Lipinski definition) is 3. The summed E-state index contributed by atoms with van der Waals surface area (Å²) in [5, 5.41) is 12.7. The Bertz CT molecular complexity index is 616. The van der Waals surface area contributed by atoms with Crippen molar-refractivity contribution in [1.82, 2.24) is 10.2 Å². The molecule has 3 heteroatoms. The maximum Gasteiger partial charge on any atom is 0.179 e. The summed E-state index contributed by atoms with van der Waals surface area (Å²) in [5.41, 5.74) is 3.75. The number of nitriles is 1. The van der Waals surface area contributed by atoms with E-state index in [2.05, 4.69) is 54.0 Å². The molecule has 1 aliphatic heterocycles. The normalized spacial score (nSPS) is 18.6. The fourth-order valence-electron chi connectivity index (χ4n) is 2.73. The summed E-state index contributed by atoms with van der Waals surface area (Å²) >= 11 is 0. The van der Waals surface area contributed by atoms with Crippen molar-refractivity contribution in [3.8, 4) is 6.19 Å². The van der Waals surface area contributed by atoms with Gasteiger partial charge in [-0.05, 0) is 16.7 Å². The fraction of sp³-hybridized carbons (Fsp3) is 0.235. The number of hydrogen-bond donors (Lipinski definition) is 1. The zero-order valence-electron chi connectivity index (χ0n) is 11.3. The molecule has 1 unspecified atom stereocenters. The topological polar surface area (TPSA) is 39.1 Å². The number of fused-ring (bicyclic) bond motifs is 1. The van der Waals surface area contributed by atoms with Gasteiger partial charge in [-0.15, -0.1) is 0 Å². The van der Waals surface area contributed by atoms with Gasteiger partial charge < -0.3 is 10.2 Å². The molecule has 0 fully saturated rings. The van der Waals surface area contributed by atoms with Crippen LogP contribution in [-0.4, -0.2) is 18.0 Å². The number of rotatable bonds is 1. The minimum atomic E-state index is 0.202. The van der Waals surface area contributed by atoms with Crippen LogP contribution < -0.4 is 5.32 Å². The van der Waals surface area contributed by atoms with Crippen molar-refractivity contribution in [2.24, 2.45) is 0 Å². The number of nitrogens with zero attached hydrogens (tertiary/aromatic N) is 2. The van der Waals surface area contributed by atoms with Gasteiger partial charge in [0.25, 0.3) is 0 Å². The third kappa shape index (κ3) is 2.52. The Hall–Kier alpha value is -2.31. The van der Waals surface area contributed by atoms with E-state index in [-0.39, 0.29) is 6.04 Å². The molecule has 1 aliphatic rings. The monoisotopic (exact) mass is 263 g/mol. The standard InChI is InChI=1S/C17H17N3/c18-13-20-11-10-19-17(14-6-2-1-3-7-14)16-9-5-4-8-15(16)12-20/h1-9,17,19H,10-12H2. The minimum absolute atomic E-state index is 0.202. The molecule has 0 amide bonds. The molecule has 100 valence electrons. The second kappa shape index (κ2) is 5.77. The van der Waals surface area contributed by atoms with Gasteiger partial charge in [-0.1, -0.05) is 54.6 Å². The molecule has 0 bridgehead atoms. The van der Waals surface area contributed by atoms with Crippen molar-refractivity contribution in [3.05, 3.63) is 71.3 Å². The van der Waals surface area contributed by atoms with Crippen molar-refractivity contribution in [2.75, 3.05) is 13.1 Å². The lowest BCUT2D eigenvalue weighted by molar-refractivity contribution is 0.358. The van der Waals surface area contributed by atoms with E-state index in [1.165, 1.54) is 16.7 Å². The summed E-state index contributed by atoms with van der Waals surface area (Å²) < 4.78 is 0. The largest absolute Gasteiger partial charge is 0.305 e. The van der Waals surface area contributed by atoms with Crippen LogP contribution in [0.1, 0.15) is 22.7 Å². The lowest BCUT2D eigenvalue weighted by Crippen LogP contribution is -2.35.